The van der Waals surface area contributed by atoms with Crippen molar-refractivity contribution in [3.63, 3.8) is 0 Å². The third-order valence-corrected chi connectivity index (χ3v) is 3.90. The van der Waals surface area contributed by atoms with Crippen LogP contribution in [0.3, 0.4) is 0 Å². The third kappa shape index (κ3) is 1.94. The smallest absolute Gasteiger partial charge is 0.0232 e. The molecule has 1 heterocycles. The molecular weight excluding hydrogens is 148 g/mol. The van der Waals surface area contributed by atoms with E-state index >= 15 is 0 Å². The van der Waals surface area contributed by atoms with Crippen LogP contribution in [0, 0.1) is 5.41 Å². The molecule has 0 fully saturated rings. The van der Waals surface area contributed by atoms with Gasteiger partial charge in [-0.15, -0.1) is 0 Å². The Bertz CT molecular complexity index is 130. The van der Waals surface area contributed by atoms with E-state index in [1.54, 1.807) is 0 Å². The molecule has 0 unspecified atom stereocenters. The van der Waals surface area contributed by atoms with Gasteiger partial charge >= 0.3 is 0 Å². The van der Waals surface area contributed by atoms with Gasteiger partial charge in [0.1, 0.15) is 0 Å². The molecule has 52 valence electrons. The van der Waals surface area contributed by atoms with Crippen LogP contribution in [-0.4, -0.2) is 5.75 Å². The minimum absolute atomic E-state index is 0.383. The predicted molar refractivity (Wildman–Crippen MR) is 47.6 cm³/mol. The molecule has 0 nitrogen and oxygen atoms in total. The second-order valence-corrected chi connectivity index (χ2v) is 5.57. The molecule has 1 rings (SSSR count). The maximum atomic E-state index is 2.33. The largest absolute Gasteiger partial charge is 0.0851 e. The van der Waals surface area contributed by atoms with Crippen LogP contribution in [0.1, 0.15) is 20.8 Å². The normalized spacial score (nSPS) is 20.1. The van der Waals surface area contributed by atoms with Crippen LogP contribution >= 0.6 is 21.6 Å². The van der Waals surface area contributed by atoms with Gasteiger partial charge in [-0.3, -0.25) is 0 Å². The summed E-state index contributed by atoms with van der Waals surface area (Å²) in [5.41, 5.74) is 0.383. The fraction of sp³-hybridized carbons (Fsp3) is 0.714. The SMILES string of the molecule is CC(C)(C)C1=CCSS1. The summed E-state index contributed by atoms with van der Waals surface area (Å²) >= 11 is 0. The molecule has 1 aliphatic rings. The fourth-order valence-electron chi connectivity index (χ4n) is 0.672. The summed E-state index contributed by atoms with van der Waals surface area (Å²) in [5, 5.41) is 0. The summed E-state index contributed by atoms with van der Waals surface area (Å²) in [6.45, 7) is 6.78. The maximum absolute atomic E-state index is 2.33. The van der Waals surface area contributed by atoms with E-state index in [1.807, 2.05) is 21.6 Å². The van der Waals surface area contributed by atoms with Crippen molar-refractivity contribution < 1.29 is 0 Å². The molecule has 0 spiro atoms. The lowest BCUT2D eigenvalue weighted by molar-refractivity contribution is 0.534. The summed E-state index contributed by atoms with van der Waals surface area (Å²) in [5.74, 6) is 1.19. The first-order valence-corrected chi connectivity index (χ1v) is 5.43. The van der Waals surface area contributed by atoms with Gasteiger partial charge in [-0.05, 0) is 10.3 Å². The van der Waals surface area contributed by atoms with E-state index in [4.69, 9.17) is 0 Å². The first-order valence-electron chi connectivity index (χ1n) is 3.11. The van der Waals surface area contributed by atoms with E-state index in [9.17, 15) is 0 Å². The molecule has 0 aliphatic carbocycles. The predicted octanol–water partition coefficient (Wildman–Crippen LogP) is 3.31. The zero-order chi connectivity index (χ0) is 6.91. The molecule has 0 aromatic rings. The second kappa shape index (κ2) is 2.59. The third-order valence-electron chi connectivity index (χ3n) is 1.22. The van der Waals surface area contributed by atoms with Gasteiger partial charge in [-0.25, -0.2) is 0 Å². The highest BCUT2D eigenvalue weighted by atomic mass is 33.1. The lowest BCUT2D eigenvalue weighted by Gasteiger charge is -2.17. The summed E-state index contributed by atoms with van der Waals surface area (Å²) in [4.78, 5) is 1.53. The average molecular weight is 160 g/mol. The van der Waals surface area contributed by atoms with Gasteiger partial charge in [-0.1, -0.05) is 48.4 Å². The van der Waals surface area contributed by atoms with Crippen molar-refractivity contribution in [2.75, 3.05) is 5.75 Å². The van der Waals surface area contributed by atoms with Crippen LogP contribution in [0.25, 0.3) is 0 Å². The lowest BCUT2D eigenvalue weighted by Crippen LogP contribution is -2.04. The van der Waals surface area contributed by atoms with Gasteiger partial charge < -0.3 is 0 Å². The topological polar surface area (TPSA) is 0 Å². The zero-order valence-electron chi connectivity index (χ0n) is 6.10. The maximum Gasteiger partial charge on any atom is 0.0232 e. The molecule has 0 aromatic heterocycles. The van der Waals surface area contributed by atoms with E-state index in [0.717, 1.165) is 0 Å². The molecule has 0 atom stereocenters. The quantitative estimate of drug-likeness (QED) is 0.499. The Morgan fingerprint density at radius 1 is 1.44 bits per heavy atom. The highest BCUT2D eigenvalue weighted by Gasteiger charge is 2.20. The summed E-state index contributed by atoms with van der Waals surface area (Å²) < 4.78 is 0. The Morgan fingerprint density at radius 2 is 2.11 bits per heavy atom. The van der Waals surface area contributed by atoms with E-state index in [0.29, 0.717) is 5.41 Å². The average Bonchev–Trinajstić information content (AvgIpc) is 2.08. The van der Waals surface area contributed by atoms with Gasteiger partial charge in [0, 0.05) is 5.75 Å². The zero-order valence-corrected chi connectivity index (χ0v) is 7.73. The summed E-state index contributed by atoms with van der Waals surface area (Å²) in [6.07, 6.45) is 2.33. The Hall–Kier alpha value is 0.440. The van der Waals surface area contributed by atoms with Gasteiger partial charge in [-0.2, -0.15) is 0 Å². The van der Waals surface area contributed by atoms with Gasteiger partial charge in [0.15, 0.2) is 0 Å². The summed E-state index contributed by atoms with van der Waals surface area (Å²) in [7, 11) is 3.86. The number of rotatable bonds is 0. The first kappa shape index (κ1) is 7.55. The Labute approximate surface area is 64.9 Å². The number of hydrogen-bond donors (Lipinski definition) is 0. The van der Waals surface area contributed by atoms with E-state index < -0.39 is 0 Å². The lowest BCUT2D eigenvalue weighted by atomic mass is 9.96. The number of allylic oxidation sites excluding steroid dienone is 1. The molecule has 0 saturated heterocycles. The molecule has 0 N–H and O–H groups in total. The van der Waals surface area contributed by atoms with Crippen molar-refractivity contribution in [3.8, 4) is 0 Å². The fourth-order valence-corrected chi connectivity index (χ4v) is 3.35. The number of hydrogen-bond acceptors (Lipinski definition) is 2. The highest BCUT2D eigenvalue weighted by molar-refractivity contribution is 8.78. The minimum atomic E-state index is 0.383. The highest BCUT2D eigenvalue weighted by Crippen LogP contribution is 2.45. The molecule has 0 saturated carbocycles. The van der Waals surface area contributed by atoms with Crippen LogP contribution < -0.4 is 0 Å². The van der Waals surface area contributed by atoms with E-state index in [2.05, 4.69) is 26.8 Å². The van der Waals surface area contributed by atoms with Gasteiger partial charge in [0.2, 0.25) is 0 Å². The van der Waals surface area contributed by atoms with Crippen LogP contribution in [0.15, 0.2) is 11.0 Å². The van der Waals surface area contributed by atoms with Gasteiger partial charge in [0.05, 0.1) is 0 Å². The van der Waals surface area contributed by atoms with Crippen LogP contribution in [0.2, 0.25) is 0 Å². The van der Waals surface area contributed by atoms with Crippen molar-refractivity contribution in [3.05, 3.63) is 11.0 Å². The van der Waals surface area contributed by atoms with E-state index in [1.165, 1.54) is 10.7 Å². The molecule has 0 aromatic carbocycles. The summed E-state index contributed by atoms with van der Waals surface area (Å²) in [6, 6.07) is 0. The van der Waals surface area contributed by atoms with Crippen LogP contribution in [-0.2, 0) is 0 Å². The second-order valence-electron chi connectivity index (χ2n) is 3.19. The van der Waals surface area contributed by atoms with Crippen molar-refractivity contribution >= 4 is 21.6 Å². The van der Waals surface area contributed by atoms with E-state index in [-0.39, 0.29) is 0 Å². The molecule has 2 heteroatoms. The first-order chi connectivity index (χ1) is 4.11. The monoisotopic (exact) mass is 160 g/mol. The van der Waals surface area contributed by atoms with Gasteiger partial charge in [0.25, 0.3) is 0 Å². The van der Waals surface area contributed by atoms with Crippen molar-refractivity contribution in [2.24, 2.45) is 5.41 Å². The molecule has 0 radical (unpaired) electrons. The van der Waals surface area contributed by atoms with Crippen molar-refractivity contribution in [1.82, 2.24) is 0 Å². The van der Waals surface area contributed by atoms with Crippen LogP contribution in [0.5, 0.6) is 0 Å². The molecular formula is C7H12S2. The Kier molecular flexibility index (Phi) is 2.17. The van der Waals surface area contributed by atoms with Crippen LogP contribution in [0.4, 0.5) is 0 Å². The van der Waals surface area contributed by atoms with Crippen molar-refractivity contribution in [2.45, 2.75) is 20.8 Å². The molecule has 1 aliphatic heterocycles. The molecule has 9 heavy (non-hydrogen) atoms. The van der Waals surface area contributed by atoms with Crippen molar-refractivity contribution in [1.29, 1.82) is 0 Å². The molecule has 0 amide bonds. The molecule has 0 bridgehead atoms. The Morgan fingerprint density at radius 3 is 2.33 bits per heavy atom. The Balaban J connectivity index is 2.61. The standard InChI is InChI=1S/C7H12S2/c1-7(2,3)6-4-5-8-9-6/h4H,5H2,1-3H3. The minimum Gasteiger partial charge on any atom is -0.0851 e.